The Morgan fingerprint density at radius 2 is 1.73 bits per heavy atom. The van der Waals surface area contributed by atoms with Gasteiger partial charge in [-0.3, -0.25) is 4.79 Å². The number of nitrogens with one attached hydrogen (secondary N) is 1. The molecule has 0 saturated carbocycles. The quantitative estimate of drug-likeness (QED) is 0.662. The van der Waals surface area contributed by atoms with Crippen molar-refractivity contribution >= 4 is 27.1 Å². The van der Waals surface area contributed by atoms with Gasteiger partial charge in [-0.05, 0) is 49.4 Å². The molecule has 0 aliphatic carbocycles. The smallest absolute Gasteiger partial charge is 0.225 e. The third-order valence-corrected chi connectivity index (χ3v) is 7.85. The summed E-state index contributed by atoms with van der Waals surface area (Å²) < 4.78 is 36.3. The molecule has 0 aromatic heterocycles. The number of fused-ring (bicyclic) bond motifs is 1. The van der Waals surface area contributed by atoms with Gasteiger partial charge in [0.05, 0.1) is 10.6 Å². The van der Waals surface area contributed by atoms with Gasteiger partial charge in [0.15, 0.2) is 21.3 Å². The van der Waals surface area contributed by atoms with Gasteiger partial charge in [-0.2, -0.15) is 0 Å². The summed E-state index contributed by atoms with van der Waals surface area (Å²) >= 11 is 0. The van der Waals surface area contributed by atoms with Gasteiger partial charge in [0.1, 0.15) is 13.2 Å². The fourth-order valence-corrected chi connectivity index (χ4v) is 5.33. The Hall–Kier alpha value is -2.78. The molecule has 0 spiro atoms. The van der Waals surface area contributed by atoms with Gasteiger partial charge in [0.2, 0.25) is 5.91 Å². The number of hydrogen-bond acceptors (Lipinski definition) is 7. The molecule has 178 valence electrons. The largest absolute Gasteiger partial charge is 0.486 e. The van der Waals surface area contributed by atoms with Crippen molar-refractivity contribution in [1.29, 1.82) is 0 Å². The summed E-state index contributed by atoms with van der Waals surface area (Å²) in [5.41, 5.74) is 2.79. The van der Waals surface area contributed by atoms with Crippen molar-refractivity contribution in [2.24, 2.45) is 0 Å². The molecule has 2 aromatic rings. The predicted octanol–water partition coefficient (Wildman–Crippen LogP) is 2.71. The number of benzene rings is 2. The molecule has 2 aromatic carbocycles. The highest BCUT2D eigenvalue weighted by Crippen LogP contribution is 2.32. The van der Waals surface area contributed by atoms with Crippen molar-refractivity contribution in [3.8, 4) is 11.5 Å². The molecule has 0 radical (unpaired) electrons. The first kappa shape index (κ1) is 23.4. The van der Waals surface area contributed by atoms with E-state index in [0.29, 0.717) is 30.4 Å². The van der Waals surface area contributed by atoms with Gasteiger partial charge in [0.25, 0.3) is 0 Å². The number of anilines is 2. The van der Waals surface area contributed by atoms with Gasteiger partial charge < -0.3 is 24.6 Å². The van der Waals surface area contributed by atoms with Crippen LogP contribution in [0.2, 0.25) is 0 Å². The van der Waals surface area contributed by atoms with E-state index in [1.165, 1.54) is 12.1 Å². The zero-order valence-corrected chi connectivity index (χ0v) is 20.0. The summed E-state index contributed by atoms with van der Waals surface area (Å²) in [6.07, 6.45) is -0.128. The minimum atomic E-state index is -3.63. The monoisotopic (exact) mass is 473 g/mol. The molecule has 1 fully saturated rings. The van der Waals surface area contributed by atoms with E-state index in [-0.39, 0.29) is 23.0 Å². The lowest BCUT2D eigenvalue weighted by atomic mass is 10.1. The van der Waals surface area contributed by atoms with E-state index in [2.05, 4.69) is 28.1 Å². The molecule has 33 heavy (non-hydrogen) atoms. The van der Waals surface area contributed by atoms with Crippen molar-refractivity contribution in [2.75, 3.05) is 61.9 Å². The highest BCUT2D eigenvalue weighted by atomic mass is 32.2. The maximum absolute atomic E-state index is 12.7. The van der Waals surface area contributed by atoms with E-state index >= 15 is 0 Å². The van der Waals surface area contributed by atoms with Crippen molar-refractivity contribution in [3.63, 3.8) is 0 Å². The summed E-state index contributed by atoms with van der Waals surface area (Å²) in [7, 11) is -3.63. The van der Waals surface area contributed by atoms with Gasteiger partial charge in [-0.25, -0.2) is 8.42 Å². The van der Waals surface area contributed by atoms with Crippen molar-refractivity contribution < 1.29 is 22.7 Å². The lowest BCUT2D eigenvalue weighted by molar-refractivity contribution is -0.115. The second kappa shape index (κ2) is 10.0. The third-order valence-electron chi connectivity index (χ3n) is 6.14. The molecular weight excluding hydrogens is 442 g/mol. The number of likely N-dealkylation sites (N-methyl/N-ethyl adjacent to an activating group) is 1. The first-order valence-electron chi connectivity index (χ1n) is 11.4. The van der Waals surface area contributed by atoms with E-state index in [4.69, 9.17) is 9.47 Å². The zero-order valence-electron chi connectivity index (χ0n) is 19.2. The Labute approximate surface area is 195 Å². The highest BCUT2D eigenvalue weighted by Gasteiger charge is 2.21. The molecule has 2 aliphatic rings. The molecule has 1 N–H and O–H groups in total. The van der Waals surface area contributed by atoms with Gasteiger partial charge in [-0.1, -0.05) is 6.92 Å². The van der Waals surface area contributed by atoms with Gasteiger partial charge in [-0.15, -0.1) is 0 Å². The van der Waals surface area contributed by atoms with Crippen LogP contribution in [0.5, 0.6) is 11.5 Å². The zero-order chi connectivity index (χ0) is 23.4. The van der Waals surface area contributed by atoms with Crippen molar-refractivity contribution in [2.45, 2.75) is 25.2 Å². The Morgan fingerprint density at radius 1 is 1.00 bits per heavy atom. The van der Waals surface area contributed by atoms with Crippen molar-refractivity contribution in [3.05, 3.63) is 42.0 Å². The van der Waals surface area contributed by atoms with E-state index in [1.807, 2.05) is 19.1 Å². The van der Waals surface area contributed by atoms with Gasteiger partial charge in [0, 0.05) is 50.0 Å². The number of ether oxygens (including phenoxy) is 2. The number of aryl methyl sites for hydroxylation is 1. The Kier molecular flexibility index (Phi) is 7.09. The number of amides is 1. The average Bonchev–Trinajstić information content (AvgIpc) is 2.84. The minimum Gasteiger partial charge on any atom is -0.486 e. The molecule has 8 nitrogen and oxygen atoms in total. The molecule has 4 rings (SSSR count). The SMILES string of the molecule is CCN1CCN(c2ccc(NC(=O)CCS(=O)(=O)c3ccc4c(c3)OCCO4)c(C)c2)CC1. The summed E-state index contributed by atoms with van der Waals surface area (Å²) in [6, 6.07) is 10.5. The second-order valence-electron chi connectivity index (χ2n) is 8.34. The van der Waals surface area contributed by atoms with Crippen LogP contribution in [0.25, 0.3) is 0 Å². The van der Waals surface area contributed by atoms with Crippen LogP contribution in [-0.4, -0.2) is 70.9 Å². The van der Waals surface area contributed by atoms with E-state index in [1.54, 1.807) is 6.07 Å². The van der Waals surface area contributed by atoms with Crippen LogP contribution in [0.15, 0.2) is 41.3 Å². The minimum absolute atomic E-state index is 0.128. The summed E-state index contributed by atoms with van der Waals surface area (Å²) in [4.78, 5) is 17.4. The normalized spacial score (nSPS) is 16.5. The molecule has 0 atom stereocenters. The summed E-state index contributed by atoms with van der Waals surface area (Å²) in [5.74, 6) is 0.336. The number of piperazine rings is 1. The van der Waals surface area contributed by atoms with Crippen LogP contribution < -0.4 is 19.7 Å². The molecule has 9 heteroatoms. The van der Waals surface area contributed by atoms with Crippen LogP contribution in [0.4, 0.5) is 11.4 Å². The van der Waals surface area contributed by atoms with E-state index < -0.39 is 9.84 Å². The number of nitrogens with zero attached hydrogens (tertiary/aromatic N) is 2. The number of carbonyl (C=O) groups is 1. The topological polar surface area (TPSA) is 88.2 Å². The highest BCUT2D eigenvalue weighted by molar-refractivity contribution is 7.91. The predicted molar refractivity (Wildman–Crippen MR) is 128 cm³/mol. The number of sulfone groups is 1. The maximum atomic E-state index is 12.7. The maximum Gasteiger partial charge on any atom is 0.225 e. The third kappa shape index (κ3) is 5.59. The Morgan fingerprint density at radius 3 is 2.42 bits per heavy atom. The number of rotatable bonds is 7. The number of hydrogen-bond donors (Lipinski definition) is 1. The van der Waals surface area contributed by atoms with Crippen LogP contribution in [0, 0.1) is 6.92 Å². The standard InChI is InChI=1S/C24H31N3O5S/c1-3-26-9-11-27(12-10-26)19-4-6-21(18(2)16-19)25-24(28)8-15-33(29,30)20-5-7-22-23(17-20)32-14-13-31-22/h4-7,16-17H,3,8-15H2,1-2H3,(H,25,28). The van der Waals surface area contributed by atoms with Crippen LogP contribution in [-0.2, 0) is 14.6 Å². The molecule has 0 bridgehead atoms. The molecular formula is C24H31N3O5S. The second-order valence-corrected chi connectivity index (χ2v) is 10.5. The molecule has 2 aliphatic heterocycles. The molecule has 1 saturated heterocycles. The summed E-state index contributed by atoms with van der Waals surface area (Å²) in [6.45, 7) is 10.1. The molecule has 1 amide bonds. The fourth-order valence-electron chi connectivity index (χ4n) is 4.08. The van der Waals surface area contributed by atoms with Crippen molar-refractivity contribution in [1.82, 2.24) is 4.90 Å². The molecule has 2 heterocycles. The first-order valence-corrected chi connectivity index (χ1v) is 13.0. The molecule has 0 unspecified atom stereocenters. The van der Waals surface area contributed by atoms with Gasteiger partial charge >= 0.3 is 0 Å². The van der Waals surface area contributed by atoms with E-state index in [9.17, 15) is 13.2 Å². The van der Waals surface area contributed by atoms with Crippen LogP contribution in [0.3, 0.4) is 0 Å². The lowest BCUT2D eigenvalue weighted by Gasteiger charge is -2.35. The van der Waals surface area contributed by atoms with Crippen LogP contribution >= 0.6 is 0 Å². The average molecular weight is 474 g/mol. The fraction of sp³-hybridized carbons (Fsp3) is 0.458. The summed E-state index contributed by atoms with van der Waals surface area (Å²) in [5, 5.41) is 2.86. The lowest BCUT2D eigenvalue weighted by Crippen LogP contribution is -2.46. The first-order chi connectivity index (χ1) is 15.9. The van der Waals surface area contributed by atoms with Crippen LogP contribution in [0.1, 0.15) is 18.9 Å². The van der Waals surface area contributed by atoms with E-state index in [0.717, 1.165) is 44.0 Å². The Balaban J connectivity index is 1.34. The number of carbonyl (C=O) groups excluding carboxylic acids is 1. The Bertz CT molecular complexity index is 1110.